The third-order valence-corrected chi connectivity index (χ3v) is 4.26. The molecule has 0 aliphatic heterocycles. The Bertz CT molecular complexity index is 1040. The lowest BCUT2D eigenvalue weighted by atomic mass is 10.1. The molecule has 29 heavy (non-hydrogen) atoms. The van der Waals surface area contributed by atoms with Crippen molar-refractivity contribution in [2.45, 2.75) is 6.92 Å². The lowest BCUT2D eigenvalue weighted by molar-refractivity contribution is -0.114. The summed E-state index contributed by atoms with van der Waals surface area (Å²) in [7, 11) is 0. The molecule has 0 saturated heterocycles. The first-order valence-electron chi connectivity index (χ1n) is 8.89. The molecular formula is C22H19F2N3O2. The second kappa shape index (κ2) is 8.97. The number of benzene rings is 3. The van der Waals surface area contributed by atoms with Gasteiger partial charge in [0.2, 0.25) is 5.91 Å². The summed E-state index contributed by atoms with van der Waals surface area (Å²) in [6, 6.07) is 17.3. The molecule has 0 radical (unpaired) electrons. The topological polar surface area (TPSA) is 70.2 Å². The van der Waals surface area contributed by atoms with Gasteiger partial charge in [0.1, 0.15) is 0 Å². The molecule has 3 aromatic carbocycles. The first kappa shape index (κ1) is 20.0. The highest BCUT2D eigenvalue weighted by Gasteiger charge is 2.11. The molecule has 7 heteroatoms. The van der Waals surface area contributed by atoms with Crippen molar-refractivity contribution in [2.24, 2.45) is 0 Å². The molecule has 0 heterocycles. The van der Waals surface area contributed by atoms with E-state index in [1.807, 2.05) is 13.0 Å². The zero-order valence-electron chi connectivity index (χ0n) is 15.6. The minimum Gasteiger partial charge on any atom is -0.376 e. The summed E-state index contributed by atoms with van der Waals surface area (Å²) < 4.78 is 26.2. The Kier molecular flexibility index (Phi) is 6.19. The van der Waals surface area contributed by atoms with Crippen molar-refractivity contribution >= 4 is 28.9 Å². The van der Waals surface area contributed by atoms with Crippen LogP contribution in [0.3, 0.4) is 0 Å². The Labute approximate surface area is 166 Å². The van der Waals surface area contributed by atoms with Gasteiger partial charge in [-0.3, -0.25) is 9.59 Å². The molecule has 0 atom stereocenters. The van der Waals surface area contributed by atoms with Crippen LogP contribution < -0.4 is 16.0 Å². The molecule has 3 aromatic rings. The Morgan fingerprint density at radius 2 is 1.55 bits per heavy atom. The summed E-state index contributed by atoms with van der Waals surface area (Å²) >= 11 is 0. The zero-order chi connectivity index (χ0) is 20.8. The number of amides is 2. The summed E-state index contributed by atoms with van der Waals surface area (Å²) in [5.41, 5.74) is 2.74. The molecule has 3 N–H and O–H groups in total. The van der Waals surface area contributed by atoms with Crippen LogP contribution in [-0.4, -0.2) is 18.4 Å². The molecule has 0 unspecified atom stereocenters. The predicted octanol–water partition coefficient (Wildman–Crippen LogP) is 4.58. The van der Waals surface area contributed by atoms with E-state index in [9.17, 15) is 18.4 Å². The summed E-state index contributed by atoms with van der Waals surface area (Å²) in [6.45, 7) is 1.73. The van der Waals surface area contributed by atoms with E-state index in [-0.39, 0.29) is 18.1 Å². The predicted molar refractivity (Wildman–Crippen MR) is 109 cm³/mol. The van der Waals surface area contributed by atoms with Crippen LogP contribution in [0, 0.1) is 18.6 Å². The maximum atomic E-state index is 13.2. The first-order valence-corrected chi connectivity index (χ1v) is 8.89. The lowest BCUT2D eigenvalue weighted by Crippen LogP contribution is -2.22. The average Bonchev–Trinajstić information content (AvgIpc) is 2.72. The van der Waals surface area contributed by atoms with Crippen LogP contribution in [0.1, 0.15) is 15.9 Å². The minimum atomic E-state index is -1.03. The van der Waals surface area contributed by atoms with Crippen molar-refractivity contribution in [2.75, 3.05) is 22.5 Å². The lowest BCUT2D eigenvalue weighted by Gasteiger charge is -2.14. The van der Waals surface area contributed by atoms with Gasteiger partial charge in [-0.15, -0.1) is 0 Å². The van der Waals surface area contributed by atoms with Gasteiger partial charge in [0.25, 0.3) is 5.91 Å². The molecule has 0 aliphatic rings. The van der Waals surface area contributed by atoms with Gasteiger partial charge in [0.15, 0.2) is 11.6 Å². The van der Waals surface area contributed by atoms with Crippen molar-refractivity contribution in [3.63, 3.8) is 0 Å². The quantitative estimate of drug-likeness (QED) is 0.572. The fourth-order valence-electron chi connectivity index (χ4n) is 2.70. The Balaban J connectivity index is 1.62. The van der Waals surface area contributed by atoms with Crippen molar-refractivity contribution in [3.8, 4) is 0 Å². The van der Waals surface area contributed by atoms with E-state index >= 15 is 0 Å². The number of anilines is 3. The fourth-order valence-corrected chi connectivity index (χ4v) is 2.70. The molecule has 0 aliphatic carbocycles. The standard InChI is InChI=1S/C22H19F2N3O2/c1-14-19(25-13-21(28)26-16-10-11-17(23)18(24)12-16)8-5-9-20(14)27-22(29)15-6-3-2-4-7-15/h2-12,25H,13H2,1H3,(H,26,28)(H,27,29). The maximum absolute atomic E-state index is 13.2. The molecular weight excluding hydrogens is 376 g/mol. The Morgan fingerprint density at radius 3 is 2.28 bits per heavy atom. The molecule has 3 rings (SSSR count). The molecule has 2 amide bonds. The highest BCUT2D eigenvalue weighted by molar-refractivity contribution is 6.05. The highest BCUT2D eigenvalue weighted by atomic mass is 19.2. The zero-order valence-corrected chi connectivity index (χ0v) is 15.6. The van der Waals surface area contributed by atoms with E-state index in [1.54, 1.807) is 42.5 Å². The smallest absolute Gasteiger partial charge is 0.255 e. The van der Waals surface area contributed by atoms with Crippen LogP contribution in [0.15, 0.2) is 66.7 Å². The van der Waals surface area contributed by atoms with Crippen molar-refractivity contribution < 1.29 is 18.4 Å². The number of carbonyl (C=O) groups is 2. The third-order valence-electron chi connectivity index (χ3n) is 4.26. The number of halogens is 2. The number of nitrogens with one attached hydrogen (secondary N) is 3. The van der Waals surface area contributed by atoms with E-state index in [0.717, 1.165) is 17.7 Å². The van der Waals surface area contributed by atoms with Crippen molar-refractivity contribution in [3.05, 3.63) is 89.5 Å². The van der Waals surface area contributed by atoms with E-state index in [1.165, 1.54) is 6.07 Å². The van der Waals surface area contributed by atoms with Gasteiger partial charge in [-0.2, -0.15) is 0 Å². The van der Waals surface area contributed by atoms with Crippen molar-refractivity contribution in [1.82, 2.24) is 0 Å². The summed E-state index contributed by atoms with van der Waals surface area (Å²) in [6.07, 6.45) is 0. The SMILES string of the molecule is Cc1c(NCC(=O)Nc2ccc(F)c(F)c2)cccc1NC(=O)c1ccccc1. The number of hydrogen-bond donors (Lipinski definition) is 3. The van der Waals surface area contributed by atoms with Gasteiger partial charge in [0.05, 0.1) is 6.54 Å². The van der Waals surface area contributed by atoms with Gasteiger partial charge in [-0.1, -0.05) is 24.3 Å². The molecule has 148 valence electrons. The van der Waals surface area contributed by atoms with Gasteiger partial charge in [-0.25, -0.2) is 8.78 Å². The van der Waals surface area contributed by atoms with Crippen LogP contribution in [-0.2, 0) is 4.79 Å². The van der Waals surface area contributed by atoms with Crippen LogP contribution in [0.5, 0.6) is 0 Å². The second-order valence-electron chi connectivity index (χ2n) is 6.33. The molecule has 5 nitrogen and oxygen atoms in total. The normalized spacial score (nSPS) is 10.3. The first-order chi connectivity index (χ1) is 13.9. The van der Waals surface area contributed by atoms with Crippen LogP contribution in [0.2, 0.25) is 0 Å². The number of hydrogen-bond acceptors (Lipinski definition) is 3. The second-order valence-corrected chi connectivity index (χ2v) is 6.33. The average molecular weight is 395 g/mol. The molecule has 0 fully saturated rings. The van der Waals surface area contributed by atoms with Crippen molar-refractivity contribution in [1.29, 1.82) is 0 Å². The summed E-state index contributed by atoms with van der Waals surface area (Å²) in [4.78, 5) is 24.4. The van der Waals surface area contributed by atoms with Crippen LogP contribution in [0.4, 0.5) is 25.8 Å². The molecule has 0 aromatic heterocycles. The number of carbonyl (C=O) groups excluding carboxylic acids is 2. The fraction of sp³-hybridized carbons (Fsp3) is 0.0909. The van der Waals surface area contributed by atoms with E-state index < -0.39 is 17.5 Å². The van der Waals surface area contributed by atoms with E-state index in [2.05, 4.69) is 16.0 Å². The number of rotatable bonds is 6. The largest absolute Gasteiger partial charge is 0.376 e. The summed E-state index contributed by atoms with van der Waals surface area (Å²) in [5.74, 6) is -2.67. The third kappa shape index (κ3) is 5.16. The summed E-state index contributed by atoms with van der Waals surface area (Å²) in [5, 5.41) is 8.32. The maximum Gasteiger partial charge on any atom is 0.255 e. The molecule has 0 saturated carbocycles. The van der Waals surface area contributed by atoms with Gasteiger partial charge < -0.3 is 16.0 Å². The highest BCUT2D eigenvalue weighted by Crippen LogP contribution is 2.24. The minimum absolute atomic E-state index is 0.0874. The molecule has 0 bridgehead atoms. The van der Waals surface area contributed by atoms with Gasteiger partial charge in [0, 0.05) is 28.7 Å². The Morgan fingerprint density at radius 1 is 0.828 bits per heavy atom. The van der Waals surface area contributed by atoms with E-state index in [0.29, 0.717) is 16.9 Å². The van der Waals surface area contributed by atoms with Crippen LogP contribution >= 0.6 is 0 Å². The van der Waals surface area contributed by atoms with Crippen LogP contribution in [0.25, 0.3) is 0 Å². The van der Waals surface area contributed by atoms with Gasteiger partial charge >= 0.3 is 0 Å². The van der Waals surface area contributed by atoms with Gasteiger partial charge in [-0.05, 0) is 48.9 Å². The monoisotopic (exact) mass is 395 g/mol. The van der Waals surface area contributed by atoms with E-state index in [4.69, 9.17) is 0 Å². The molecule has 0 spiro atoms. The Hall–Kier alpha value is -3.74.